The highest BCUT2D eigenvalue weighted by molar-refractivity contribution is 6.32. The highest BCUT2D eigenvalue weighted by Crippen LogP contribution is 2.26. The Morgan fingerprint density at radius 1 is 1.47 bits per heavy atom. The lowest BCUT2D eigenvalue weighted by molar-refractivity contribution is -0.112. The van der Waals surface area contributed by atoms with Crippen LogP contribution in [0.1, 0.15) is 6.92 Å². The molecule has 3 N–H and O–H groups in total. The Hall–Kier alpha value is -1.52. The van der Waals surface area contributed by atoms with Gasteiger partial charge in [-0.15, -0.1) is 0 Å². The number of carbonyl (C=O) groups is 1. The predicted molar refractivity (Wildman–Crippen MR) is 67.3 cm³/mol. The Bertz CT molecular complexity index is 491. The molecule has 1 aromatic rings. The van der Waals surface area contributed by atoms with Crippen molar-refractivity contribution in [3.8, 4) is 5.75 Å². The molecule has 2 rings (SSSR count). The molecule has 4 nitrogen and oxygen atoms in total. The molecule has 1 heterocycles. The second kappa shape index (κ2) is 4.77. The fraction of sp³-hybridized carbons (Fsp3) is 0.250. The van der Waals surface area contributed by atoms with Crippen LogP contribution in [0.2, 0.25) is 5.02 Å². The Kier molecular flexibility index (Phi) is 3.36. The number of phenols is 1. The van der Waals surface area contributed by atoms with Crippen molar-refractivity contribution in [3.63, 3.8) is 0 Å². The molecule has 17 heavy (non-hydrogen) atoms. The molecule has 0 radical (unpaired) electrons. The maximum atomic E-state index is 11.8. The Labute approximate surface area is 104 Å². The van der Waals surface area contributed by atoms with Gasteiger partial charge in [0.15, 0.2) is 0 Å². The van der Waals surface area contributed by atoms with E-state index in [9.17, 15) is 9.90 Å². The predicted octanol–water partition coefficient (Wildman–Crippen LogP) is 1.90. The number of benzene rings is 1. The van der Waals surface area contributed by atoms with Gasteiger partial charge in [0.1, 0.15) is 5.75 Å². The van der Waals surface area contributed by atoms with Crippen LogP contribution in [-0.2, 0) is 4.79 Å². The van der Waals surface area contributed by atoms with Gasteiger partial charge >= 0.3 is 0 Å². The van der Waals surface area contributed by atoms with E-state index >= 15 is 0 Å². The van der Waals surface area contributed by atoms with E-state index in [-0.39, 0.29) is 16.7 Å². The van der Waals surface area contributed by atoms with Gasteiger partial charge in [-0.05, 0) is 30.7 Å². The summed E-state index contributed by atoms with van der Waals surface area (Å²) in [5, 5.41) is 15.3. The number of phenolic OH excluding ortho intramolecular Hbond substituents is 1. The monoisotopic (exact) mass is 252 g/mol. The van der Waals surface area contributed by atoms with Crippen molar-refractivity contribution < 1.29 is 9.90 Å². The molecule has 0 atom stereocenters. The van der Waals surface area contributed by atoms with Crippen LogP contribution >= 0.6 is 11.6 Å². The van der Waals surface area contributed by atoms with Gasteiger partial charge in [0.2, 0.25) is 0 Å². The average Bonchev–Trinajstić information content (AvgIpc) is 2.21. The zero-order valence-corrected chi connectivity index (χ0v) is 10.1. The molecular weight excluding hydrogens is 240 g/mol. The van der Waals surface area contributed by atoms with Gasteiger partial charge in [-0.2, -0.15) is 0 Å². The molecule has 5 heteroatoms. The highest BCUT2D eigenvalue weighted by Gasteiger charge is 2.16. The summed E-state index contributed by atoms with van der Waals surface area (Å²) in [6.45, 7) is 3.35. The van der Waals surface area contributed by atoms with E-state index in [0.717, 1.165) is 24.2 Å². The Morgan fingerprint density at radius 2 is 2.18 bits per heavy atom. The van der Waals surface area contributed by atoms with Gasteiger partial charge in [-0.1, -0.05) is 11.6 Å². The summed E-state index contributed by atoms with van der Waals surface area (Å²) in [4.78, 5) is 11.8. The van der Waals surface area contributed by atoms with E-state index in [1.165, 1.54) is 12.1 Å². The van der Waals surface area contributed by atoms with Crippen molar-refractivity contribution in [2.75, 3.05) is 18.4 Å². The van der Waals surface area contributed by atoms with E-state index < -0.39 is 0 Å². The van der Waals surface area contributed by atoms with Crippen LogP contribution in [0.5, 0.6) is 5.75 Å². The van der Waals surface area contributed by atoms with Crippen LogP contribution in [-0.4, -0.2) is 24.1 Å². The topological polar surface area (TPSA) is 61.4 Å². The smallest absolute Gasteiger partial charge is 0.251 e. The van der Waals surface area contributed by atoms with Crippen molar-refractivity contribution in [2.24, 2.45) is 0 Å². The van der Waals surface area contributed by atoms with E-state index in [4.69, 9.17) is 11.6 Å². The molecule has 1 aromatic carbocycles. The first-order valence-corrected chi connectivity index (χ1v) is 5.65. The molecule has 1 fully saturated rings. The zero-order chi connectivity index (χ0) is 12.4. The molecule has 1 aliphatic rings. The Morgan fingerprint density at radius 3 is 2.71 bits per heavy atom. The van der Waals surface area contributed by atoms with E-state index in [1.54, 1.807) is 13.0 Å². The van der Waals surface area contributed by atoms with Crippen LogP contribution in [0.4, 0.5) is 5.69 Å². The van der Waals surface area contributed by atoms with Crippen molar-refractivity contribution in [1.82, 2.24) is 5.32 Å². The number of amides is 1. The molecule has 1 saturated heterocycles. The summed E-state index contributed by atoms with van der Waals surface area (Å²) in [5.74, 6) is -0.133. The molecule has 1 aliphatic heterocycles. The lowest BCUT2D eigenvalue weighted by atomic mass is 10.0. The van der Waals surface area contributed by atoms with E-state index in [1.807, 2.05) is 0 Å². The summed E-state index contributed by atoms with van der Waals surface area (Å²) in [6.07, 6.45) is 0. The molecule has 0 saturated carbocycles. The molecule has 0 bridgehead atoms. The maximum Gasteiger partial charge on any atom is 0.251 e. The summed E-state index contributed by atoms with van der Waals surface area (Å²) < 4.78 is 0. The molecule has 0 spiro atoms. The third kappa shape index (κ3) is 2.60. The number of hydrogen-bond donors (Lipinski definition) is 3. The first-order chi connectivity index (χ1) is 8.08. The molecule has 0 unspecified atom stereocenters. The number of nitrogens with one attached hydrogen (secondary N) is 2. The second-order valence-corrected chi connectivity index (χ2v) is 4.36. The quantitative estimate of drug-likeness (QED) is 0.557. The summed E-state index contributed by atoms with van der Waals surface area (Å²) >= 11 is 5.75. The lowest BCUT2D eigenvalue weighted by Gasteiger charge is -2.21. The van der Waals surface area contributed by atoms with E-state index in [0.29, 0.717) is 5.69 Å². The minimum Gasteiger partial charge on any atom is -0.506 e. The second-order valence-electron chi connectivity index (χ2n) is 3.95. The standard InChI is InChI=1S/C12H13ClN2O2/c1-7(8-5-14-6-8)12(17)15-9-2-3-11(16)10(13)4-9/h2-4,14,16H,5-6H2,1H3,(H,15,17). The van der Waals surface area contributed by atoms with Crippen LogP contribution in [0.15, 0.2) is 29.3 Å². The van der Waals surface area contributed by atoms with Crippen LogP contribution < -0.4 is 10.6 Å². The largest absolute Gasteiger partial charge is 0.506 e. The van der Waals surface area contributed by atoms with Crippen molar-refractivity contribution in [1.29, 1.82) is 0 Å². The minimum absolute atomic E-state index is 0.00272. The zero-order valence-electron chi connectivity index (χ0n) is 9.38. The summed E-state index contributed by atoms with van der Waals surface area (Å²) in [7, 11) is 0. The van der Waals surface area contributed by atoms with Gasteiger partial charge in [0, 0.05) is 24.4 Å². The fourth-order valence-electron chi connectivity index (χ4n) is 1.49. The van der Waals surface area contributed by atoms with Crippen LogP contribution in [0.3, 0.4) is 0 Å². The first kappa shape index (κ1) is 12.0. The van der Waals surface area contributed by atoms with Crippen molar-refractivity contribution in [3.05, 3.63) is 34.4 Å². The van der Waals surface area contributed by atoms with Gasteiger partial charge in [0.05, 0.1) is 5.02 Å². The van der Waals surface area contributed by atoms with Crippen LogP contribution in [0, 0.1) is 0 Å². The normalized spacial score (nSPS) is 14.1. The van der Waals surface area contributed by atoms with Crippen molar-refractivity contribution >= 4 is 23.2 Å². The van der Waals surface area contributed by atoms with Gasteiger partial charge in [-0.3, -0.25) is 4.79 Å². The van der Waals surface area contributed by atoms with Gasteiger partial charge in [0.25, 0.3) is 5.91 Å². The molecule has 0 aromatic heterocycles. The minimum atomic E-state index is -0.136. The molecule has 90 valence electrons. The lowest BCUT2D eigenvalue weighted by Crippen LogP contribution is -2.36. The number of carbonyl (C=O) groups excluding carboxylic acids is 1. The highest BCUT2D eigenvalue weighted by atomic mass is 35.5. The van der Waals surface area contributed by atoms with E-state index in [2.05, 4.69) is 10.6 Å². The molecule has 1 amide bonds. The Balaban J connectivity index is 2.10. The van der Waals surface area contributed by atoms with Gasteiger partial charge < -0.3 is 15.7 Å². The third-order valence-corrected chi connectivity index (χ3v) is 3.06. The number of rotatable bonds is 2. The summed E-state index contributed by atoms with van der Waals surface area (Å²) in [5.41, 5.74) is 2.42. The van der Waals surface area contributed by atoms with Crippen molar-refractivity contribution in [2.45, 2.75) is 6.92 Å². The fourth-order valence-corrected chi connectivity index (χ4v) is 1.67. The number of halogens is 1. The molecular formula is C12H13ClN2O2. The SMILES string of the molecule is CC(C(=O)Nc1ccc(O)c(Cl)c1)=C1CNC1. The third-order valence-electron chi connectivity index (χ3n) is 2.75. The first-order valence-electron chi connectivity index (χ1n) is 5.27. The summed E-state index contributed by atoms with van der Waals surface area (Å²) in [6, 6.07) is 4.58. The number of hydrogen-bond acceptors (Lipinski definition) is 3. The number of anilines is 1. The maximum absolute atomic E-state index is 11.8. The van der Waals surface area contributed by atoms with Gasteiger partial charge in [-0.25, -0.2) is 0 Å². The molecule has 0 aliphatic carbocycles. The average molecular weight is 253 g/mol. The van der Waals surface area contributed by atoms with Crippen LogP contribution in [0.25, 0.3) is 0 Å². The number of aromatic hydroxyl groups is 1.